The van der Waals surface area contributed by atoms with E-state index in [0.717, 1.165) is 36.7 Å². The Morgan fingerprint density at radius 1 is 1.09 bits per heavy atom. The number of fused-ring (bicyclic) bond motifs is 1. The monoisotopic (exact) mass is 435 g/mol. The molecular formula is C21H21N7O4. The molecule has 2 aliphatic heterocycles. The summed E-state index contributed by atoms with van der Waals surface area (Å²) >= 11 is 0. The Balaban J connectivity index is 1.29. The number of nitro groups is 1. The number of nitrogens with zero attached hydrogens (tertiary/aromatic N) is 6. The number of aromatic nitrogens is 3. The molecule has 1 fully saturated rings. The molecule has 0 spiro atoms. The Morgan fingerprint density at radius 2 is 1.94 bits per heavy atom. The number of hydrogen-bond acceptors (Lipinski definition) is 10. The maximum atomic E-state index is 11.9. The van der Waals surface area contributed by atoms with Gasteiger partial charge >= 0.3 is 5.69 Å². The predicted molar refractivity (Wildman–Crippen MR) is 116 cm³/mol. The third-order valence-corrected chi connectivity index (χ3v) is 5.42. The minimum Gasteiger partial charge on any atom is -0.454 e. The normalized spacial score (nSPS) is 15.6. The molecule has 0 radical (unpaired) electrons. The fourth-order valence-electron chi connectivity index (χ4n) is 3.85. The number of nitrogens with one attached hydrogen (secondary N) is 1. The van der Waals surface area contributed by atoms with Crippen LogP contribution < -0.4 is 19.7 Å². The lowest BCUT2D eigenvalue weighted by Gasteiger charge is -2.35. The summed E-state index contributed by atoms with van der Waals surface area (Å²) in [6.45, 7) is 3.77. The zero-order valence-electron chi connectivity index (χ0n) is 17.2. The van der Waals surface area contributed by atoms with E-state index in [1.807, 2.05) is 23.1 Å². The first-order valence-corrected chi connectivity index (χ1v) is 10.2. The van der Waals surface area contributed by atoms with Gasteiger partial charge in [-0.2, -0.15) is 0 Å². The van der Waals surface area contributed by atoms with Gasteiger partial charge < -0.3 is 19.7 Å². The summed E-state index contributed by atoms with van der Waals surface area (Å²) in [5.41, 5.74) is 1.62. The van der Waals surface area contributed by atoms with E-state index < -0.39 is 4.92 Å². The first-order chi connectivity index (χ1) is 15.7. The minimum atomic E-state index is -0.437. The van der Waals surface area contributed by atoms with Crippen LogP contribution in [-0.2, 0) is 6.54 Å². The average molecular weight is 435 g/mol. The van der Waals surface area contributed by atoms with Crippen molar-refractivity contribution in [2.75, 3.05) is 43.2 Å². The Labute approximate surface area is 183 Å². The van der Waals surface area contributed by atoms with Gasteiger partial charge in [-0.1, -0.05) is 6.07 Å². The molecule has 0 bridgehead atoms. The summed E-state index contributed by atoms with van der Waals surface area (Å²) in [7, 11) is 0. The Bertz CT molecular complexity index is 1120. The highest BCUT2D eigenvalue weighted by Gasteiger charge is 2.29. The number of benzene rings is 1. The van der Waals surface area contributed by atoms with Crippen LogP contribution in [0.15, 0.2) is 49.1 Å². The standard InChI is InChI=1S/C21H21N7O4/c29-28(30)19-20(25-16-2-1-5-22-11-16)23-13-24-21(19)27-8-6-26(7-9-27)12-15-3-4-17-18(10-15)32-14-31-17/h1-5,10-11,13H,6-9,12,14H2,(H,23,24,25). The predicted octanol–water partition coefficient (Wildman–Crippen LogP) is 2.57. The largest absolute Gasteiger partial charge is 0.454 e. The maximum absolute atomic E-state index is 11.9. The van der Waals surface area contributed by atoms with Gasteiger partial charge in [0.25, 0.3) is 0 Å². The van der Waals surface area contributed by atoms with Crippen LogP contribution in [0, 0.1) is 10.1 Å². The Hall–Kier alpha value is -3.99. The van der Waals surface area contributed by atoms with Gasteiger partial charge in [-0.3, -0.25) is 20.0 Å². The van der Waals surface area contributed by atoms with Crippen molar-refractivity contribution in [1.29, 1.82) is 0 Å². The lowest BCUT2D eigenvalue weighted by atomic mass is 10.1. The highest BCUT2D eigenvalue weighted by atomic mass is 16.7. The van der Waals surface area contributed by atoms with Gasteiger partial charge in [0.05, 0.1) is 16.8 Å². The second-order valence-corrected chi connectivity index (χ2v) is 7.47. The van der Waals surface area contributed by atoms with Crippen molar-refractivity contribution in [1.82, 2.24) is 19.9 Å². The molecule has 5 rings (SSSR count). The van der Waals surface area contributed by atoms with Gasteiger partial charge in [-0.25, -0.2) is 9.97 Å². The number of pyridine rings is 1. The zero-order valence-corrected chi connectivity index (χ0v) is 17.2. The van der Waals surface area contributed by atoms with Gasteiger partial charge in [0.2, 0.25) is 18.4 Å². The highest BCUT2D eigenvalue weighted by Crippen LogP contribution is 2.35. The van der Waals surface area contributed by atoms with E-state index in [0.29, 0.717) is 24.6 Å². The molecule has 11 heteroatoms. The first kappa shape index (κ1) is 19.9. The lowest BCUT2D eigenvalue weighted by molar-refractivity contribution is -0.383. The summed E-state index contributed by atoms with van der Waals surface area (Å²) < 4.78 is 10.8. The average Bonchev–Trinajstić information content (AvgIpc) is 3.28. The van der Waals surface area contributed by atoms with Crippen molar-refractivity contribution in [2.45, 2.75) is 6.54 Å². The number of anilines is 3. The van der Waals surface area contributed by atoms with E-state index in [4.69, 9.17) is 9.47 Å². The zero-order chi connectivity index (χ0) is 21.9. The molecule has 0 aliphatic carbocycles. The lowest BCUT2D eigenvalue weighted by Crippen LogP contribution is -2.46. The number of hydrogen-bond donors (Lipinski definition) is 1. The third-order valence-electron chi connectivity index (χ3n) is 5.42. The molecule has 4 heterocycles. The van der Waals surface area contributed by atoms with Crippen molar-refractivity contribution >= 4 is 23.0 Å². The number of piperazine rings is 1. The third kappa shape index (κ3) is 4.10. The quantitative estimate of drug-likeness (QED) is 0.457. The fourth-order valence-corrected chi connectivity index (χ4v) is 3.85. The van der Waals surface area contributed by atoms with Crippen molar-refractivity contribution < 1.29 is 14.4 Å². The molecule has 0 unspecified atom stereocenters. The van der Waals surface area contributed by atoms with E-state index in [9.17, 15) is 10.1 Å². The van der Waals surface area contributed by atoms with E-state index >= 15 is 0 Å². The summed E-state index contributed by atoms with van der Waals surface area (Å²) in [6, 6.07) is 9.48. The van der Waals surface area contributed by atoms with Crippen LogP contribution >= 0.6 is 0 Å². The van der Waals surface area contributed by atoms with Gasteiger partial charge in [0.15, 0.2) is 11.5 Å². The van der Waals surface area contributed by atoms with E-state index in [1.165, 1.54) is 6.33 Å². The van der Waals surface area contributed by atoms with E-state index in [2.05, 4.69) is 25.2 Å². The van der Waals surface area contributed by atoms with Gasteiger partial charge in [0, 0.05) is 38.9 Å². The summed E-state index contributed by atoms with van der Waals surface area (Å²) in [4.78, 5) is 28.0. The summed E-state index contributed by atoms with van der Waals surface area (Å²) in [5.74, 6) is 2.01. The van der Waals surface area contributed by atoms with Gasteiger partial charge in [0.1, 0.15) is 6.33 Å². The molecule has 11 nitrogen and oxygen atoms in total. The SMILES string of the molecule is O=[N+]([O-])c1c(Nc2cccnc2)ncnc1N1CCN(Cc2ccc3c(c2)OCO3)CC1. The summed E-state index contributed by atoms with van der Waals surface area (Å²) in [5, 5.41) is 14.9. The molecule has 3 aromatic rings. The van der Waals surface area contributed by atoms with Crippen LogP contribution in [0.2, 0.25) is 0 Å². The van der Waals surface area contributed by atoms with Crippen molar-refractivity contribution in [3.8, 4) is 11.5 Å². The number of rotatable bonds is 6. The van der Waals surface area contributed by atoms with E-state index in [1.54, 1.807) is 24.5 Å². The molecule has 164 valence electrons. The molecule has 0 atom stereocenters. The minimum absolute atomic E-state index is 0.138. The van der Waals surface area contributed by atoms with Crippen molar-refractivity contribution in [3.63, 3.8) is 0 Å². The Kier molecular flexibility index (Phi) is 5.38. The molecular weight excluding hydrogens is 414 g/mol. The van der Waals surface area contributed by atoms with E-state index in [-0.39, 0.29) is 18.3 Å². The van der Waals surface area contributed by atoms with Crippen LogP contribution in [0.1, 0.15) is 5.56 Å². The molecule has 2 aliphatic rings. The second-order valence-electron chi connectivity index (χ2n) is 7.47. The van der Waals surface area contributed by atoms with Gasteiger partial charge in [-0.15, -0.1) is 0 Å². The Morgan fingerprint density at radius 3 is 2.72 bits per heavy atom. The van der Waals surface area contributed by atoms with Gasteiger partial charge in [-0.05, 0) is 29.8 Å². The smallest absolute Gasteiger partial charge is 0.353 e. The first-order valence-electron chi connectivity index (χ1n) is 10.2. The molecule has 1 saturated heterocycles. The molecule has 2 aromatic heterocycles. The molecule has 32 heavy (non-hydrogen) atoms. The van der Waals surface area contributed by atoms with Crippen LogP contribution in [0.5, 0.6) is 11.5 Å². The van der Waals surface area contributed by atoms with Crippen molar-refractivity contribution in [2.24, 2.45) is 0 Å². The summed E-state index contributed by atoms with van der Waals surface area (Å²) in [6.07, 6.45) is 4.56. The van der Waals surface area contributed by atoms with Crippen LogP contribution in [0.25, 0.3) is 0 Å². The highest BCUT2D eigenvalue weighted by molar-refractivity contribution is 5.74. The molecule has 0 saturated carbocycles. The second kappa shape index (κ2) is 8.63. The fraction of sp³-hybridized carbons (Fsp3) is 0.286. The van der Waals surface area contributed by atoms with Crippen LogP contribution in [0.4, 0.5) is 23.0 Å². The molecule has 1 N–H and O–H groups in total. The van der Waals surface area contributed by atoms with Crippen LogP contribution in [-0.4, -0.2) is 57.7 Å². The van der Waals surface area contributed by atoms with Crippen molar-refractivity contribution in [3.05, 3.63) is 64.7 Å². The molecule has 1 aromatic carbocycles. The topological polar surface area (TPSA) is 119 Å². The maximum Gasteiger partial charge on any atom is 0.353 e. The van der Waals surface area contributed by atoms with Crippen LogP contribution in [0.3, 0.4) is 0 Å². The molecule has 0 amide bonds. The number of ether oxygens (including phenoxy) is 2.